The molecule has 0 saturated heterocycles. The van der Waals surface area contributed by atoms with Crippen LogP contribution in [0.15, 0.2) is 22.7 Å². The van der Waals surface area contributed by atoms with E-state index in [0.717, 1.165) is 0 Å². The predicted molar refractivity (Wildman–Crippen MR) is 64.8 cm³/mol. The first-order chi connectivity index (χ1) is 7.91. The second-order valence-electron chi connectivity index (χ2n) is 3.48. The number of halogens is 1. The highest BCUT2D eigenvalue weighted by Crippen LogP contribution is 2.22. The van der Waals surface area contributed by atoms with Crippen LogP contribution in [0, 0.1) is 10.1 Å². The predicted octanol–water partition coefficient (Wildman–Crippen LogP) is 1.47. The van der Waals surface area contributed by atoms with Crippen LogP contribution >= 0.6 is 15.9 Å². The molecule has 1 amide bonds. The van der Waals surface area contributed by atoms with Crippen LogP contribution in [0.25, 0.3) is 0 Å². The van der Waals surface area contributed by atoms with Crippen LogP contribution in [0.3, 0.4) is 0 Å². The lowest BCUT2D eigenvalue weighted by Gasteiger charge is -2.08. The maximum absolute atomic E-state index is 11.7. The third kappa shape index (κ3) is 3.79. The monoisotopic (exact) mass is 302 g/mol. The van der Waals surface area contributed by atoms with Gasteiger partial charge in [-0.3, -0.25) is 14.9 Å². The van der Waals surface area contributed by atoms with Gasteiger partial charge in [0.05, 0.1) is 16.6 Å². The summed E-state index contributed by atoms with van der Waals surface area (Å²) < 4.78 is 0.464. The summed E-state index contributed by atoms with van der Waals surface area (Å²) in [4.78, 5) is 21.7. The molecule has 1 aromatic carbocycles. The molecule has 0 saturated carbocycles. The molecule has 0 fully saturated rings. The second-order valence-corrected chi connectivity index (χ2v) is 4.33. The summed E-state index contributed by atoms with van der Waals surface area (Å²) in [6.45, 7) is 1.62. The molecule has 2 N–H and O–H groups in total. The molecule has 6 nitrogen and oxygen atoms in total. The lowest BCUT2D eigenvalue weighted by molar-refractivity contribution is -0.384. The Morgan fingerprint density at radius 3 is 2.82 bits per heavy atom. The number of hydrogen-bond donors (Lipinski definition) is 2. The zero-order valence-electron chi connectivity index (χ0n) is 9.01. The van der Waals surface area contributed by atoms with Crippen molar-refractivity contribution in [3.05, 3.63) is 38.3 Å². The first kappa shape index (κ1) is 13.6. The third-order valence-electron chi connectivity index (χ3n) is 1.96. The molecule has 0 aliphatic rings. The van der Waals surface area contributed by atoms with Gasteiger partial charge in [0.2, 0.25) is 0 Å². The van der Waals surface area contributed by atoms with Gasteiger partial charge in [-0.1, -0.05) is 0 Å². The number of carbonyl (C=O) groups is 1. The number of nitro groups is 1. The highest BCUT2D eigenvalue weighted by atomic mass is 79.9. The van der Waals surface area contributed by atoms with Crippen LogP contribution in [0.2, 0.25) is 0 Å². The zero-order valence-corrected chi connectivity index (χ0v) is 10.6. The molecule has 0 radical (unpaired) electrons. The maximum Gasteiger partial charge on any atom is 0.270 e. The number of rotatable bonds is 4. The summed E-state index contributed by atoms with van der Waals surface area (Å²) in [5, 5.41) is 22.1. The summed E-state index contributed by atoms with van der Waals surface area (Å²) in [5.74, 6) is -0.471. The molecular weight excluding hydrogens is 292 g/mol. The van der Waals surface area contributed by atoms with Crippen molar-refractivity contribution < 1.29 is 14.8 Å². The molecule has 1 aromatic rings. The Morgan fingerprint density at radius 1 is 1.65 bits per heavy atom. The van der Waals surface area contributed by atoms with Gasteiger partial charge in [0.15, 0.2) is 0 Å². The lowest BCUT2D eigenvalue weighted by Crippen LogP contribution is -2.30. The molecule has 0 aliphatic carbocycles. The van der Waals surface area contributed by atoms with E-state index in [4.69, 9.17) is 5.11 Å². The Bertz CT molecular complexity index is 448. The van der Waals surface area contributed by atoms with E-state index in [2.05, 4.69) is 21.2 Å². The SMILES string of the molecule is C[C@@H](O)CNC(=O)c1cc([N+](=O)[O-])ccc1Br. The van der Waals surface area contributed by atoms with E-state index in [1.54, 1.807) is 0 Å². The van der Waals surface area contributed by atoms with E-state index in [1.165, 1.54) is 25.1 Å². The van der Waals surface area contributed by atoms with Crippen molar-refractivity contribution in [3.8, 4) is 0 Å². The average molecular weight is 303 g/mol. The van der Waals surface area contributed by atoms with Crippen LogP contribution in [0.5, 0.6) is 0 Å². The summed E-state index contributed by atoms with van der Waals surface area (Å²) in [7, 11) is 0. The standard InChI is InChI=1S/C10H11BrN2O4/c1-6(14)5-12-10(15)8-4-7(13(16)17)2-3-9(8)11/h2-4,6,14H,5H2,1H3,(H,12,15)/t6-/m1/s1. The number of carbonyl (C=O) groups excluding carboxylic acids is 1. The molecule has 0 bridgehead atoms. The van der Waals surface area contributed by atoms with Gasteiger partial charge in [-0.05, 0) is 28.9 Å². The topological polar surface area (TPSA) is 92.5 Å². The van der Waals surface area contributed by atoms with Gasteiger partial charge in [-0.2, -0.15) is 0 Å². The molecular formula is C10H11BrN2O4. The maximum atomic E-state index is 11.7. The van der Waals surface area contributed by atoms with Gasteiger partial charge < -0.3 is 10.4 Å². The van der Waals surface area contributed by atoms with Gasteiger partial charge in [-0.25, -0.2) is 0 Å². The van der Waals surface area contributed by atoms with Crippen molar-refractivity contribution >= 4 is 27.5 Å². The second kappa shape index (κ2) is 5.74. The largest absolute Gasteiger partial charge is 0.392 e. The van der Waals surface area contributed by atoms with Crippen LogP contribution in [0.4, 0.5) is 5.69 Å². The number of aliphatic hydroxyl groups excluding tert-OH is 1. The lowest BCUT2D eigenvalue weighted by atomic mass is 10.2. The smallest absolute Gasteiger partial charge is 0.270 e. The molecule has 0 heterocycles. The number of aliphatic hydroxyl groups is 1. The van der Waals surface area contributed by atoms with Gasteiger partial charge >= 0.3 is 0 Å². The quantitative estimate of drug-likeness (QED) is 0.650. The Morgan fingerprint density at radius 2 is 2.29 bits per heavy atom. The van der Waals surface area contributed by atoms with Crippen LogP contribution < -0.4 is 5.32 Å². The van der Waals surface area contributed by atoms with Crippen LogP contribution in [0.1, 0.15) is 17.3 Å². The van der Waals surface area contributed by atoms with Gasteiger partial charge in [0.1, 0.15) is 0 Å². The fourth-order valence-electron chi connectivity index (χ4n) is 1.14. The van der Waals surface area contributed by atoms with E-state index >= 15 is 0 Å². The van der Waals surface area contributed by atoms with Crippen molar-refractivity contribution in [2.75, 3.05) is 6.54 Å². The molecule has 0 aromatic heterocycles. The molecule has 7 heteroatoms. The van der Waals surface area contributed by atoms with Crippen LogP contribution in [-0.2, 0) is 0 Å². The molecule has 0 unspecified atom stereocenters. The molecule has 17 heavy (non-hydrogen) atoms. The van der Waals surface area contributed by atoms with Crippen molar-refractivity contribution in [2.45, 2.75) is 13.0 Å². The van der Waals surface area contributed by atoms with Crippen molar-refractivity contribution in [1.82, 2.24) is 5.32 Å². The van der Waals surface area contributed by atoms with E-state index in [9.17, 15) is 14.9 Å². The number of benzene rings is 1. The fourth-order valence-corrected chi connectivity index (χ4v) is 1.56. The van der Waals surface area contributed by atoms with E-state index in [-0.39, 0.29) is 17.8 Å². The molecule has 0 aliphatic heterocycles. The summed E-state index contributed by atoms with van der Waals surface area (Å²) in [6.07, 6.45) is -0.670. The summed E-state index contributed by atoms with van der Waals surface area (Å²) in [5.41, 5.74) is 0.00949. The molecule has 0 spiro atoms. The summed E-state index contributed by atoms with van der Waals surface area (Å²) in [6, 6.07) is 3.92. The average Bonchev–Trinajstić information content (AvgIpc) is 2.26. The van der Waals surface area contributed by atoms with E-state index in [1.807, 2.05) is 0 Å². The molecule has 1 rings (SSSR count). The number of nitro benzene ring substituents is 1. The van der Waals surface area contributed by atoms with E-state index < -0.39 is 16.9 Å². The Kier molecular flexibility index (Phi) is 4.59. The van der Waals surface area contributed by atoms with Crippen molar-refractivity contribution in [2.24, 2.45) is 0 Å². The first-order valence-corrected chi connectivity index (χ1v) is 5.61. The Labute approximate surface area is 106 Å². The highest BCUT2D eigenvalue weighted by Gasteiger charge is 2.15. The number of non-ortho nitro benzene ring substituents is 1. The molecule has 1 atom stereocenters. The Hall–Kier alpha value is -1.47. The third-order valence-corrected chi connectivity index (χ3v) is 2.65. The number of amides is 1. The van der Waals surface area contributed by atoms with Crippen molar-refractivity contribution in [3.63, 3.8) is 0 Å². The van der Waals surface area contributed by atoms with Gasteiger partial charge in [0, 0.05) is 23.2 Å². The molecule has 92 valence electrons. The normalized spacial score (nSPS) is 11.9. The van der Waals surface area contributed by atoms with Crippen molar-refractivity contribution in [1.29, 1.82) is 0 Å². The number of nitrogens with zero attached hydrogens (tertiary/aromatic N) is 1. The van der Waals surface area contributed by atoms with E-state index in [0.29, 0.717) is 4.47 Å². The first-order valence-electron chi connectivity index (χ1n) is 4.82. The number of nitrogens with one attached hydrogen (secondary N) is 1. The minimum absolute atomic E-state index is 0.0912. The summed E-state index contributed by atoms with van der Waals surface area (Å²) >= 11 is 3.14. The zero-order chi connectivity index (χ0) is 13.0. The van der Waals surface area contributed by atoms with Gasteiger partial charge in [0.25, 0.3) is 11.6 Å². The minimum atomic E-state index is -0.670. The number of hydrogen-bond acceptors (Lipinski definition) is 4. The van der Waals surface area contributed by atoms with Crippen LogP contribution in [-0.4, -0.2) is 28.6 Å². The van der Waals surface area contributed by atoms with Gasteiger partial charge in [-0.15, -0.1) is 0 Å². The minimum Gasteiger partial charge on any atom is -0.392 e. The highest BCUT2D eigenvalue weighted by molar-refractivity contribution is 9.10. The fraction of sp³-hybridized carbons (Fsp3) is 0.300. The Balaban J connectivity index is 2.92.